The number of rotatable bonds is 5. The molecule has 0 aromatic carbocycles. The van der Waals surface area contributed by atoms with Crippen molar-refractivity contribution in [1.29, 1.82) is 0 Å². The van der Waals surface area contributed by atoms with Gasteiger partial charge in [-0.15, -0.1) is 6.58 Å². The molecule has 19 heavy (non-hydrogen) atoms. The molecule has 0 saturated carbocycles. The normalized spacial score (nSPS) is 21.6. The summed E-state index contributed by atoms with van der Waals surface area (Å²) in [6, 6.07) is -0.569. The van der Waals surface area contributed by atoms with Crippen molar-refractivity contribution in [2.75, 3.05) is 13.7 Å². The maximum Gasteiger partial charge on any atom is 0.328 e. The first-order valence-electron chi connectivity index (χ1n) is 6.39. The Hall–Kier alpha value is -1.65. The van der Waals surface area contributed by atoms with Crippen molar-refractivity contribution in [2.24, 2.45) is 5.41 Å². The standard InChI is InChI=1S/C14H21NO4/c1-5-8-14(3,10(2)16)13(18)15-9-6-7-11(15)12(17)19-4/h5,11H,1,6-9H2,2-4H3/t11-,14+/m0/s1. The molecule has 1 fully saturated rings. The molecule has 0 radical (unpaired) electrons. The van der Waals surface area contributed by atoms with Crippen LogP contribution in [-0.2, 0) is 19.1 Å². The number of methoxy groups -OCH3 is 1. The van der Waals surface area contributed by atoms with Crippen molar-refractivity contribution in [2.45, 2.75) is 39.2 Å². The molecule has 106 valence electrons. The van der Waals surface area contributed by atoms with Gasteiger partial charge in [0.25, 0.3) is 0 Å². The average Bonchev–Trinajstić information content (AvgIpc) is 2.85. The number of nitrogens with zero attached hydrogens (tertiary/aromatic N) is 1. The van der Waals surface area contributed by atoms with Crippen LogP contribution in [0.1, 0.15) is 33.1 Å². The minimum Gasteiger partial charge on any atom is -0.467 e. The van der Waals surface area contributed by atoms with Gasteiger partial charge in [0.15, 0.2) is 0 Å². The van der Waals surface area contributed by atoms with E-state index in [-0.39, 0.29) is 18.1 Å². The van der Waals surface area contributed by atoms with Crippen molar-refractivity contribution in [3.63, 3.8) is 0 Å². The second-order valence-corrected chi connectivity index (χ2v) is 5.06. The van der Waals surface area contributed by atoms with E-state index in [0.717, 1.165) is 6.42 Å². The van der Waals surface area contributed by atoms with E-state index in [9.17, 15) is 14.4 Å². The highest BCUT2D eigenvalue weighted by Crippen LogP contribution is 2.30. The van der Waals surface area contributed by atoms with Crippen LogP contribution in [0.15, 0.2) is 12.7 Å². The Labute approximate surface area is 113 Å². The summed E-state index contributed by atoms with van der Waals surface area (Å²) in [5.41, 5.74) is -1.14. The fourth-order valence-electron chi connectivity index (χ4n) is 2.38. The van der Waals surface area contributed by atoms with E-state index in [2.05, 4.69) is 6.58 Å². The Morgan fingerprint density at radius 3 is 2.58 bits per heavy atom. The van der Waals surface area contributed by atoms with Crippen molar-refractivity contribution in [1.82, 2.24) is 4.90 Å². The summed E-state index contributed by atoms with van der Waals surface area (Å²) in [6.45, 7) is 7.07. The van der Waals surface area contributed by atoms with Gasteiger partial charge in [-0.3, -0.25) is 9.59 Å². The largest absolute Gasteiger partial charge is 0.467 e. The second kappa shape index (κ2) is 5.99. The summed E-state index contributed by atoms with van der Waals surface area (Å²) in [6.07, 6.45) is 3.15. The molecule has 1 saturated heterocycles. The van der Waals surface area contributed by atoms with E-state index < -0.39 is 17.4 Å². The molecule has 5 heteroatoms. The third-order valence-electron chi connectivity index (χ3n) is 3.79. The minimum atomic E-state index is -1.14. The topological polar surface area (TPSA) is 63.7 Å². The van der Waals surface area contributed by atoms with Gasteiger partial charge in [0, 0.05) is 6.54 Å². The number of carbonyl (C=O) groups is 3. The number of esters is 1. The van der Waals surface area contributed by atoms with Gasteiger partial charge in [-0.1, -0.05) is 6.08 Å². The van der Waals surface area contributed by atoms with Crippen LogP contribution >= 0.6 is 0 Å². The number of Topliss-reactive ketones (excluding diaryl/α,β-unsaturated/α-hetero) is 1. The Morgan fingerprint density at radius 1 is 1.47 bits per heavy atom. The zero-order valence-corrected chi connectivity index (χ0v) is 11.8. The van der Waals surface area contributed by atoms with Crippen molar-refractivity contribution >= 4 is 17.7 Å². The molecule has 1 aliphatic heterocycles. The molecule has 1 amide bonds. The van der Waals surface area contributed by atoms with E-state index in [1.165, 1.54) is 18.9 Å². The zero-order valence-electron chi connectivity index (χ0n) is 11.8. The molecule has 0 aliphatic carbocycles. The third kappa shape index (κ3) is 2.85. The van der Waals surface area contributed by atoms with Gasteiger partial charge in [-0.2, -0.15) is 0 Å². The summed E-state index contributed by atoms with van der Waals surface area (Å²) in [5, 5.41) is 0. The highest BCUT2D eigenvalue weighted by molar-refractivity contribution is 6.05. The number of hydrogen-bond donors (Lipinski definition) is 0. The van der Waals surface area contributed by atoms with Gasteiger partial charge >= 0.3 is 5.97 Å². The van der Waals surface area contributed by atoms with Gasteiger partial charge in [0.2, 0.25) is 5.91 Å². The first-order valence-corrected chi connectivity index (χ1v) is 6.39. The quantitative estimate of drug-likeness (QED) is 0.428. The van der Waals surface area contributed by atoms with Crippen LogP contribution in [0.5, 0.6) is 0 Å². The summed E-state index contributed by atoms with van der Waals surface area (Å²) < 4.78 is 4.71. The fourth-order valence-corrected chi connectivity index (χ4v) is 2.38. The van der Waals surface area contributed by atoms with Crippen LogP contribution in [-0.4, -0.2) is 42.3 Å². The van der Waals surface area contributed by atoms with E-state index in [0.29, 0.717) is 13.0 Å². The molecular weight excluding hydrogens is 246 g/mol. The Morgan fingerprint density at radius 2 is 2.11 bits per heavy atom. The van der Waals surface area contributed by atoms with Gasteiger partial charge in [-0.25, -0.2) is 4.79 Å². The van der Waals surface area contributed by atoms with Crippen LogP contribution in [0.4, 0.5) is 0 Å². The number of allylic oxidation sites excluding steroid dienone is 1. The fraction of sp³-hybridized carbons (Fsp3) is 0.643. The highest BCUT2D eigenvalue weighted by Gasteiger charge is 2.45. The Kier molecular flexibility index (Phi) is 4.86. The summed E-state index contributed by atoms with van der Waals surface area (Å²) in [7, 11) is 1.30. The van der Waals surface area contributed by atoms with Crippen LogP contribution < -0.4 is 0 Å². The van der Waals surface area contributed by atoms with Crippen molar-refractivity contribution in [3.05, 3.63) is 12.7 Å². The lowest BCUT2D eigenvalue weighted by Crippen LogP contribution is -2.50. The molecule has 1 heterocycles. The molecule has 0 aromatic heterocycles. The van der Waals surface area contributed by atoms with Crippen LogP contribution in [0.3, 0.4) is 0 Å². The predicted molar refractivity (Wildman–Crippen MR) is 70.4 cm³/mol. The zero-order chi connectivity index (χ0) is 14.6. The second-order valence-electron chi connectivity index (χ2n) is 5.06. The number of ketones is 1. The third-order valence-corrected chi connectivity index (χ3v) is 3.79. The molecule has 0 N–H and O–H groups in total. The minimum absolute atomic E-state index is 0.215. The van der Waals surface area contributed by atoms with Crippen molar-refractivity contribution in [3.8, 4) is 0 Å². The Balaban J connectivity index is 2.99. The highest BCUT2D eigenvalue weighted by atomic mass is 16.5. The molecule has 0 spiro atoms. The van der Waals surface area contributed by atoms with Crippen LogP contribution in [0.2, 0.25) is 0 Å². The van der Waals surface area contributed by atoms with E-state index in [4.69, 9.17) is 4.74 Å². The molecular formula is C14H21NO4. The number of likely N-dealkylation sites (tertiary alicyclic amines) is 1. The molecule has 0 aromatic rings. The summed E-state index contributed by atoms with van der Waals surface area (Å²) >= 11 is 0. The molecule has 2 atom stereocenters. The lowest BCUT2D eigenvalue weighted by molar-refractivity contribution is -0.157. The van der Waals surface area contributed by atoms with Crippen LogP contribution in [0, 0.1) is 5.41 Å². The molecule has 5 nitrogen and oxygen atoms in total. The number of carbonyl (C=O) groups excluding carboxylic acids is 3. The van der Waals surface area contributed by atoms with Gasteiger partial charge in [0.1, 0.15) is 17.2 Å². The van der Waals surface area contributed by atoms with E-state index in [1.54, 1.807) is 13.0 Å². The van der Waals surface area contributed by atoms with E-state index >= 15 is 0 Å². The van der Waals surface area contributed by atoms with Crippen LogP contribution in [0.25, 0.3) is 0 Å². The van der Waals surface area contributed by atoms with Gasteiger partial charge in [-0.05, 0) is 33.1 Å². The monoisotopic (exact) mass is 267 g/mol. The van der Waals surface area contributed by atoms with E-state index in [1.807, 2.05) is 0 Å². The van der Waals surface area contributed by atoms with Gasteiger partial charge < -0.3 is 9.64 Å². The lowest BCUT2D eigenvalue weighted by atomic mass is 9.81. The molecule has 1 rings (SSSR count). The summed E-state index contributed by atoms with van der Waals surface area (Å²) in [4.78, 5) is 37.5. The number of amides is 1. The Bertz CT molecular complexity index is 404. The molecule has 1 aliphatic rings. The SMILES string of the molecule is C=CC[C@](C)(C(C)=O)C(=O)N1CCC[C@H]1C(=O)OC. The first kappa shape index (κ1) is 15.4. The van der Waals surface area contributed by atoms with Gasteiger partial charge in [0.05, 0.1) is 7.11 Å². The van der Waals surface area contributed by atoms with Crippen molar-refractivity contribution < 1.29 is 19.1 Å². The number of ether oxygens (including phenoxy) is 1. The number of hydrogen-bond acceptors (Lipinski definition) is 4. The first-order chi connectivity index (χ1) is 8.88. The molecule has 0 unspecified atom stereocenters. The average molecular weight is 267 g/mol. The maximum atomic E-state index is 12.6. The maximum absolute atomic E-state index is 12.6. The smallest absolute Gasteiger partial charge is 0.328 e. The predicted octanol–water partition coefficient (Wildman–Crippen LogP) is 1.32. The molecule has 0 bridgehead atoms. The summed E-state index contributed by atoms with van der Waals surface area (Å²) in [5.74, 6) is -0.948. The lowest BCUT2D eigenvalue weighted by Gasteiger charge is -2.32.